The fourth-order valence-electron chi connectivity index (χ4n) is 12.9. The standard InChI is InChI=1S/C53H96N4O4/c1-7-8-9-10-11-12-13-14-15-18-26-50(59)57(40-49(58)55-36-21-19-35-54)38-22-17-16-20-37-56-51(60)61-44-31-33-52(5)43(39-44)27-28-45-47-30-29-46(42(4)25-23-24-41(2)3)53(47,6)34-32-48(45)52/h27,41-42,44-48H,7-26,28-40,54H2,1-6H3,(H,55,58)(H,56,60)/t42-,44+,45+,46-,47+,48+,52+,53-/m1/s1. The van der Waals surface area contributed by atoms with E-state index in [0.717, 1.165) is 106 Å². The van der Waals surface area contributed by atoms with Crippen molar-refractivity contribution in [3.8, 4) is 0 Å². The highest BCUT2D eigenvalue weighted by atomic mass is 16.6. The van der Waals surface area contributed by atoms with Crippen molar-refractivity contribution in [3.05, 3.63) is 11.6 Å². The molecule has 8 nitrogen and oxygen atoms in total. The van der Waals surface area contributed by atoms with Gasteiger partial charge in [-0.3, -0.25) is 9.59 Å². The summed E-state index contributed by atoms with van der Waals surface area (Å²) in [6, 6.07) is 0. The number of amides is 3. The molecule has 3 amide bonds. The van der Waals surface area contributed by atoms with Crippen LogP contribution in [0.1, 0.15) is 221 Å². The molecule has 4 aliphatic carbocycles. The fourth-order valence-corrected chi connectivity index (χ4v) is 12.9. The van der Waals surface area contributed by atoms with Crippen LogP contribution in [-0.4, -0.2) is 61.6 Å². The molecule has 0 radical (unpaired) electrons. The van der Waals surface area contributed by atoms with Crippen molar-refractivity contribution in [2.45, 2.75) is 227 Å². The number of carbonyl (C=O) groups is 3. The second kappa shape index (κ2) is 27.3. The number of fused-ring (bicyclic) bond motifs is 5. The molecule has 0 saturated heterocycles. The molecule has 4 aliphatic rings. The lowest BCUT2D eigenvalue weighted by molar-refractivity contribution is -0.136. The first-order valence-corrected chi connectivity index (χ1v) is 26.3. The summed E-state index contributed by atoms with van der Waals surface area (Å²) in [6.45, 7) is 17.3. The van der Waals surface area contributed by atoms with Crippen molar-refractivity contribution in [3.63, 3.8) is 0 Å². The van der Waals surface area contributed by atoms with Crippen LogP contribution in [0.25, 0.3) is 0 Å². The maximum atomic E-state index is 13.2. The maximum Gasteiger partial charge on any atom is 0.407 e. The molecule has 0 aromatic carbocycles. The average Bonchev–Trinajstić information content (AvgIpc) is 3.59. The lowest BCUT2D eigenvalue weighted by atomic mass is 9.47. The van der Waals surface area contributed by atoms with Gasteiger partial charge in [-0.25, -0.2) is 4.79 Å². The van der Waals surface area contributed by atoms with Crippen LogP contribution >= 0.6 is 0 Å². The highest BCUT2D eigenvalue weighted by Gasteiger charge is 2.59. The maximum absolute atomic E-state index is 13.2. The minimum absolute atomic E-state index is 0.0333. The van der Waals surface area contributed by atoms with Gasteiger partial charge in [0.25, 0.3) is 0 Å². The highest BCUT2D eigenvalue weighted by Crippen LogP contribution is 2.67. The van der Waals surface area contributed by atoms with Crippen molar-refractivity contribution >= 4 is 17.9 Å². The Hall–Kier alpha value is -2.09. The van der Waals surface area contributed by atoms with E-state index < -0.39 is 0 Å². The summed E-state index contributed by atoms with van der Waals surface area (Å²) in [6.07, 6.45) is 34.5. The van der Waals surface area contributed by atoms with Crippen molar-refractivity contribution < 1.29 is 19.1 Å². The molecule has 0 aromatic heterocycles. The quantitative estimate of drug-likeness (QED) is 0.0492. The van der Waals surface area contributed by atoms with Gasteiger partial charge in [0.2, 0.25) is 11.8 Å². The van der Waals surface area contributed by atoms with Crippen LogP contribution in [0.3, 0.4) is 0 Å². The van der Waals surface area contributed by atoms with Crippen LogP contribution in [0.4, 0.5) is 4.79 Å². The van der Waals surface area contributed by atoms with Crippen molar-refractivity contribution in [2.75, 3.05) is 32.7 Å². The van der Waals surface area contributed by atoms with Crippen LogP contribution in [-0.2, 0) is 14.3 Å². The van der Waals surface area contributed by atoms with Crippen molar-refractivity contribution in [1.29, 1.82) is 0 Å². The van der Waals surface area contributed by atoms with Gasteiger partial charge in [-0.15, -0.1) is 0 Å². The van der Waals surface area contributed by atoms with Gasteiger partial charge in [0.1, 0.15) is 6.10 Å². The first-order valence-electron chi connectivity index (χ1n) is 26.3. The summed E-state index contributed by atoms with van der Waals surface area (Å²) >= 11 is 0. The molecule has 352 valence electrons. The van der Waals surface area contributed by atoms with Gasteiger partial charge in [-0.05, 0) is 130 Å². The minimum atomic E-state index is -0.281. The molecular weight excluding hydrogens is 757 g/mol. The number of nitrogens with zero attached hydrogens (tertiary/aromatic N) is 1. The van der Waals surface area contributed by atoms with Crippen molar-refractivity contribution in [2.24, 2.45) is 52.1 Å². The smallest absolute Gasteiger partial charge is 0.407 e. The summed E-state index contributed by atoms with van der Waals surface area (Å²) < 4.78 is 6.06. The molecule has 8 atom stereocenters. The fraction of sp³-hybridized carbons (Fsp3) is 0.906. The van der Waals surface area contributed by atoms with E-state index in [1.54, 1.807) is 10.5 Å². The molecule has 0 unspecified atom stereocenters. The van der Waals surface area contributed by atoms with Crippen molar-refractivity contribution in [1.82, 2.24) is 15.5 Å². The topological polar surface area (TPSA) is 114 Å². The SMILES string of the molecule is CCCCCCCCCCCCC(=O)N(CCCCCCNC(=O)O[C@H]1CC[C@@]2(C)C(=CC[C@H]3[C@@H]4CC[C@H]([C@H](C)CCCC(C)C)[C@@]4(C)CC[C@@H]32)C1)CC(=O)NCCCCN. The Bertz CT molecular complexity index is 1320. The number of rotatable bonds is 30. The third kappa shape index (κ3) is 16.1. The summed E-state index contributed by atoms with van der Waals surface area (Å²) in [5, 5.41) is 6.01. The lowest BCUT2D eigenvalue weighted by Crippen LogP contribution is -2.51. The first-order chi connectivity index (χ1) is 29.4. The second-order valence-electron chi connectivity index (χ2n) is 21.5. The Morgan fingerprint density at radius 1 is 0.770 bits per heavy atom. The third-order valence-electron chi connectivity index (χ3n) is 16.5. The molecule has 4 rings (SSSR count). The molecule has 8 heteroatoms. The van der Waals surface area contributed by atoms with Crippen LogP contribution in [0.2, 0.25) is 0 Å². The van der Waals surface area contributed by atoms with Gasteiger partial charge < -0.3 is 26.0 Å². The Balaban J connectivity index is 1.13. The third-order valence-corrected chi connectivity index (χ3v) is 16.5. The minimum Gasteiger partial charge on any atom is -0.446 e. The summed E-state index contributed by atoms with van der Waals surface area (Å²) in [7, 11) is 0. The molecule has 0 aromatic rings. The zero-order valence-electron chi connectivity index (χ0n) is 40.6. The lowest BCUT2D eigenvalue weighted by Gasteiger charge is -2.58. The summed E-state index contributed by atoms with van der Waals surface area (Å²) in [4.78, 5) is 40.7. The zero-order chi connectivity index (χ0) is 44.1. The van der Waals surface area contributed by atoms with E-state index in [9.17, 15) is 14.4 Å². The normalized spacial score (nSPS) is 27.4. The molecule has 3 fully saturated rings. The molecular formula is C53H96N4O4. The van der Waals surface area contributed by atoms with E-state index in [-0.39, 0.29) is 36.0 Å². The van der Waals surface area contributed by atoms with E-state index in [4.69, 9.17) is 10.5 Å². The number of carbonyl (C=O) groups excluding carboxylic acids is 3. The monoisotopic (exact) mass is 853 g/mol. The van der Waals surface area contributed by atoms with E-state index >= 15 is 0 Å². The van der Waals surface area contributed by atoms with Gasteiger partial charge in [0, 0.05) is 32.5 Å². The molecule has 0 heterocycles. The van der Waals surface area contributed by atoms with E-state index in [2.05, 4.69) is 58.3 Å². The largest absolute Gasteiger partial charge is 0.446 e. The number of hydrogen-bond acceptors (Lipinski definition) is 5. The number of nitrogens with one attached hydrogen (secondary N) is 2. The molecule has 61 heavy (non-hydrogen) atoms. The molecule has 4 N–H and O–H groups in total. The van der Waals surface area contributed by atoms with E-state index in [1.807, 2.05) is 0 Å². The molecule has 0 spiro atoms. The van der Waals surface area contributed by atoms with Gasteiger partial charge in [0.15, 0.2) is 0 Å². The highest BCUT2D eigenvalue weighted by molar-refractivity contribution is 5.84. The Morgan fingerprint density at radius 2 is 1.44 bits per heavy atom. The second-order valence-corrected chi connectivity index (χ2v) is 21.5. The first kappa shape index (κ1) is 51.5. The van der Waals surface area contributed by atoms with Crippen LogP contribution in [0.15, 0.2) is 11.6 Å². The Kier molecular flexibility index (Phi) is 23.1. The van der Waals surface area contributed by atoms with Crippen LogP contribution < -0.4 is 16.4 Å². The van der Waals surface area contributed by atoms with Gasteiger partial charge >= 0.3 is 6.09 Å². The van der Waals surface area contributed by atoms with E-state index in [1.165, 1.54) is 103 Å². The van der Waals surface area contributed by atoms with Gasteiger partial charge in [0.05, 0.1) is 6.54 Å². The summed E-state index contributed by atoms with van der Waals surface area (Å²) in [5.74, 6) is 5.00. The Morgan fingerprint density at radius 3 is 2.16 bits per heavy atom. The zero-order valence-corrected chi connectivity index (χ0v) is 40.6. The number of hydrogen-bond donors (Lipinski definition) is 3. The predicted octanol–water partition coefficient (Wildman–Crippen LogP) is 12.7. The predicted molar refractivity (Wildman–Crippen MR) is 254 cm³/mol. The molecule has 0 aliphatic heterocycles. The van der Waals surface area contributed by atoms with Crippen LogP contribution in [0.5, 0.6) is 0 Å². The van der Waals surface area contributed by atoms with Gasteiger partial charge in [-0.2, -0.15) is 0 Å². The summed E-state index contributed by atoms with van der Waals surface area (Å²) in [5.41, 5.74) is 7.93. The van der Waals surface area contributed by atoms with Crippen LogP contribution in [0, 0.1) is 46.3 Å². The Labute approximate surface area is 375 Å². The molecule has 3 saturated carbocycles. The average molecular weight is 853 g/mol. The number of unbranched alkanes of at least 4 members (excludes halogenated alkanes) is 13. The number of nitrogens with two attached hydrogens (primary N) is 1. The number of ether oxygens (including phenoxy) is 1. The number of allylic oxidation sites excluding steroid dienone is 1. The van der Waals surface area contributed by atoms with E-state index in [0.29, 0.717) is 38.0 Å². The molecule has 0 bridgehead atoms. The number of alkyl carbamates (subject to hydrolysis) is 1. The van der Waals surface area contributed by atoms with Gasteiger partial charge in [-0.1, -0.05) is 143 Å².